The van der Waals surface area contributed by atoms with Gasteiger partial charge in [-0.2, -0.15) is 0 Å². The van der Waals surface area contributed by atoms with E-state index >= 15 is 0 Å². The third kappa shape index (κ3) is 9.96. The summed E-state index contributed by atoms with van der Waals surface area (Å²) < 4.78 is 26.8. The molecule has 2 N–H and O–H groups in total. The zero-order valence-corrected chi connectivity index (χ0v) is 23.2. The Balaban J connectivity index is 1.98. The molecule has 1 fully saturated rings. The van der Waals surface area contributed by atoms with Crippen molar-refractivity contribution in [2.75, 3.05) is 0 Å². The molecule has 10 nitrogen and oxygen atoms in total. The summed E-state index contributed by atoms with van der Waals surface area (Å²) in [4.78, 5) is 49.0. The predicted molar refractivity (Wildman–Crippen MR) is 139 cm³/mol. The molecule has 212 valence electrons. The first-order valence-corrected chi connectivity index (χ1v) is 13.3. The summed E-state index contributed by atoms with van der Waals surface area (Å²) in [5.74, 6) is -2.31. The molecule has 1 aliphatic carbocycles. The van der Waals surface area contributed by atoms with Gasteiger partial charge < -0.3 is 29.4 Å². The van der Waals surface area contributed by atoms with E-state index in [0.717, 1.165) is 32.1 Å². The molecule has 0 aromatic heterocycles. The van der Waals surface area contributed by atoms with Crippen molar-refractivity contribution in [2.45, 2.75) is 104 Å². The second-order valence-corrected chi connectivity index (χ2v) is 10.3. The SMILES string of the molecule is CC(C)C(=O)Oc1ccc(C[C@H](N)C(=O)O[C@@H](C)C(C)OC(=O)OC2CCCCC2)cc1OC(=O)C(C)C. The van der Waals surface area contributed by atoms with E-state index in [-0.39, 0.29) is 29.9 Å². The van der Waals surface area contributed by atoms with Gasteiger partial charge in [-0.3, -0.25) is 14.4 Å². The highest BCUT2D eigenvalue weighted by Crippen LogP contribution is 2.30. The zero-order chi connectivity index (χ0) is 28.4. The van der Waals surface area contributed by atoms with Gasteiger partial charge in [0.25, 0.3) is 0 Å². The smallest absolute Gasteiger partial charge is 0.458 e. The Hall–Kier alpha value is -3.14. The number of ether oxygens (including phenoxy) is 5. The van der Waals surface area contributed by atoms with Crippen molar-refractivity contribution in [3.05, 3.63) is 23.8 Å². The molecule has 0 amide bonds. The van der Waals surface area contributed by atoms with E-state index in [1.165, 1.54) is 12.1 Å². The van der Waals surface area contributed by atoms with Gasteiger partial charge >= 0.3 is 24.1 Å². The fraction of sp³-hybridized carbons (Fsp3) is 0.643. The Bertz CT molecular complexity index is 969. The number of hydrogen-bond acceptors (Lipinski definition) is 10. The maximum atomic E-state index is 12.6. The van der Waals surface area contributed by atoms with Gasteiger partial charge in [0.05, 0.1) is 11.8 Å². The minimum absolute atomic E-state index is 0.0580. The molecule has 0 saturated heterocycles. The van der Waals surface area contributed by atoms with Crippen LogP contribution < -0.4 is 15.2 Å². The molecular weight excluding hydrogens is 494 g/mol. The number of hydrogen-bond donors (Lipinski definition) is 1. The lowest BCUT2D eigenvalue weighted by atomic mass is 9.98. The van der Waals surface area contributed by atoms with Crippen LogP contribution in [0.5, 0.6) is 11.5 Å². The minimum Gasteiger partial charge on any atom is -0.458 e. The normalized spacial score (nSPS) is 16.3. The molecule has 10 heteroatoms. The number of benzene rings is 1. The summed E-state index contributed by atoms with van der Waals surface area (Å²) in [7, 11) is 0. The first kappa shape index (κ1) is 31.1. The molecule has 0 bridgehead atoms. The van der Waals surface area contributed by atoms with Crippen LogP contribution in [0.4, 0.5) is 4.79 Å². The van der Waals surface area contributed by atoms with Crippen LogP contribution in [0, 0.1) is 11.8 Å². The lowest BCUT2D eigenvalue weighted by molar-refractivity contribution is -0.156. The van der Waals surface area contributed by atoms with Crippen LogP contribution in [0.1, 0.15) is 79.2 Å². The number of nitrogens with two attached hydrogens (primary N) is 1. The molecular formula is C28H41NO9. The maximum absolute atomic E-state index is 12.6. The number of carbonyl (C=O) groups is 4. The molecule has 3 atom stereocenters. The second kappa shape index (κ2) is 14.7. The molecule has 1 unspecified atom stereocenters. The molecule has 1 aliphatic rings. The number of rotatable bonds is 11. The summed E-state index contributed by atoms with van der Waals surface area (Å²) in [5.41, 5.74) is 6.65. The van der Waals surface area contributed by atoms with Crippen LogP contribution in [0.3, 0.4) is 0 Å². The third-order valence-corrected chi connectivity index (χ3v) is 6.19. The molecule has 38 heavy (non-hydrogen) atoms. The highest BCUT2D eigenvalue weighted by atomic mass is 16.7. The van der Waals surface area contributed by atoms with E-state index in [0.29, 0.717) is 5.56 Å². The van der Waals surface area contributed by atoms with E-state index in [1.807, 2.05) is 0 Å². The largest absolute Gasteiger partial charge is 0.508 e. The summed E-state index contributed by atoms with van der Waals surface area (Å²) in [6, 6.07) is 3.58. The van der Waals surface area contributed by atoms with Gasteiger partial charge in [-0.15, -0.1) is 0 Å². The van der Waals surface area contributed by atoms with Crippen molar-refractivity contribution in [1.29, 1.82) is 0 Å². The van der Waals surface area contributed by atoms with Crippen molar-refractivity contribution < 1.29 is 42.9 Å². The Morgan fingerprint density at radius 1 is 0.789 bits per heavy atom. The fourth-order valence-corrected chi connectivity index (χ4v) is 3.59. The van der Waals surface area contributed by atoms with Crippen LogP contribution in [0.2, 0.25) is 0 Å². The molecule has 1 saturated carbocycles. The van der Waals surface area contributed by atoms with Crippen LogP contribution in [0.25, 0.3) is 0 Å². The van der Waals surface area contributed by atoms with Crippen LogP contribution >= 0.6 is 0 Å². The van der Waals surface area contributed by atoms with E-state index in [1.54, 1.807) is 47.6 Å². The average molecular weight is 536 g/mol. The van der Waals surface area contributed by atoms with Gasteiger partial charge in [0.15, 0.2) is 11.5 Å². The number of esters is 3. The van der Waals surface area contributed by atoms with Crippen LogP contribution in [-0.4, -0.2) is 48.4 Å². The Morgan fingerprint density at radius 3 is 1.92 bits per heavy atom. The van der Waals surface area contributed by atoms with Gasteiger partial charge in [0.1, 0.15) is 24.4 Å². The van der Waals surface area contributed by atoms with Crippen LogP contribution in [0.15, 0.2) is 18.2 Å². The zero-order valence-electron chi connectivity index (χ0n) is 23.2. The molecule has 1 aromatic rings. The first-order chi connectivity index (χ1) is 17.9. The topological polar surface area (TPSA) is 140 Å². The van der Waals surface area contributed by atoms with Gasteiger partial charge in [0, 0.05) is 0 Å². The minimum atomic E-state index is -1.04. The monoisotopic (exact) mass is 535 g/mol. The quantitative estimate of drug-likeness (QED) is 0.318. The van der Waals surface area contributed by atoms with E-state index in [9.17, 15) is 19.2 Å². The van der Waals surface area contributed by atoms with Crippen molar-refractivity contribution in [2.24, 2.45) is 17.6 Å². The molecule has 1 aromatic carbocycles. The van der Waals surface area contributed by atoms with E-state index in [4.69, 9.17) is 29.4 Å². The predicted octanol–water partition coefficient (Wildman–Crippen LogP) is 4.49. The van der Waals surface area contributed by atoms with Gasteiger partial charge in [0.2, 0.25) is 0 Å². The standard InChI is InChI=1S/C28H41NO9/c1-16(2)25(30)37-23-13-12-20(15-24(23)38-26(31)17(3)4)14-22(29)27(32)34-18(5)19(6)35-28(33)36-21-10-8-7-9-11-21/h12-13,15-19,21-22H,7-11,14,29H2,1-6H3/t18-,19?,22-/m0/s1. The lowest BCUT2D eigenvalue weighted by Crippen LogP contribution is -2.39. The molecule has 0 aliphatic heterocycles. The Kier molecular flexibility index (Phi) is 12.0. The summed E-state index contributed by atoms with van der Waals surface area (Å²) in [5, 5.41) is 0. The third-order valence-electron chi connectivity index (χ3n) is 6.19. The molecule has 0 spiro atoms. The van der Waals surface area contributed by atoms with Crippen LogP contribution in [-0.2, 0) is 35.0 Å². The Labute approximate surface area is 224 Å². The van der Waals surface area contributed by atoms with Crippen molar-refractivity contribution in [3.63, 3.8) is 0 Å². The van der Waals surface area contributed by atoms with Crippen molar-refractivity contribution >= 4 is 24.1 Å². The fourth-order valence-electron chi connectivity index (χ4n) is 3.59. The van der Waals surface area contributed by atoms with E-state index < -0.39 is 48.2 Å². The average Bonchev–Trinajstić information content (AvgIpc) is 2.85. The number of carbonyl (C=O) groups excluding carboxylic acids is 4. The first-order valence-electron chi connectivity index (χ1n) is 13.3. The highest BCUT2D eigenvalue weighted by Gasteiger charge is 2.27. The van der Waals surface area contributed by atoms with Gasteiger partial charge in [-0.05, 0) is 63.6 Å². The Morgan fingerprint density at radius 2 is 1.34 bits per heavy atom. The molecule has 0 radical (unpaired) electrons. The summed E-state index contributed by atoms with van der Waals surface area (Å²) in [6.07, 6.45) is 2.48. The van der Waals surface area contributed by atoms with Gasteiger partial charge in [-0.1, -0.05) is 40.2 Å². The van der Waals surface area contributed by atoms with E-state index in [2.05, 4.69) is 0 Å². The van der Waals surface area contributed by atoms with Crippen molar-refractivity contribution in [3.8, 4) is 11.5 Å². The lowest BCUT2D eigenvalue weighted by Gasteiger charge is -2.25. The summed E-state index contributed by atoms with van der Waals surface area (Å²) >= 11 is 0. The maximum Gasteiger partial charge on any atom is 0.508 e. The second-order valence-electron chi connectivity index (χ2n) is 10.3. The molecule has 0 heterocycles. The summed E-state index contributed by atoms with van der Waals surface area (Å²) in [6.45, 7) is 9.95. The van der Waals surface area contributed by atoms with Crippen molar-refractivity contribution in [1.82, 2.24) is 0 Å². The highest BCUT2D eigenvalue weighted by molar-refractivity contribution is 5.78. The van der Waals surface area contributed by atoms with Gasteiger partial charge in [-0.25, -0.2) is 4.79 Å². The molecule has 2 rings (SSSR count).